The third-order valence-corrected chi connectivity index (χ3v) is 4.61. The second kappa shape index (κ2) is 10.4. The van der Waals surface area contributed by atoms with Crippen LogP contribution in [0.15, 0.2) is 76.3 Å². The second-order valence-electron chi connectivity index (χ2n) is 6.17. The monoisotopic (exact) mass is 468 g/mol. The topological polar surface area (TPSA) is 84.8 Å². The molecule has 0 saturated heterocycles. The van der Waals surface area contributed by atoms with Crippen LogP contribution in [0.2, 0.25) is 0 Å². The number of guanidine groups is 1. The number of halogens is 1. The maximum atomic E-state index is 12.9. The van der Waals surface area contributed by atoms with Gasteiger partial charge < -0.3 is 14.8 Å². The van der Waals surface area contributed by atoms with Gasteiger partial charge in [-0.05, 0) is 48.5 Å². The molecule has 154 valence electrons. The molecule has 0 fully saturated rings. The van der Waals surface area contributed by atoms with Gasteiger partial charge in [0.1, 0.15) is 11.5 Å². The van der Waals surface area contributed by atoms with Gasteiger partial charge in [-0.15, -0.1) is 0 Å². The Morgan fingerprint density at radius 3 is 2.33 bits per heavy atom. The van der Waals surface area contributed by atoms with Crippen molar-refractivity contribution in [2.24, 2.45) is 4.99 Å². The third kappa shape index (κ3) is 6.05. The first-order valence-electron chi connectivity index (χ1n) is 9.09. The van der Waals surface area contributed by atoms with Crippen LogP contribution in [0.1, 0.15) is 16.1 Å². The summed E-state index contributed by atoms with van der Waals surface area (Å²) in [5, 5.41) is 5.96. The van der Waals surface area contributed by atoms with Crippen molar-refractivity contribution in [3.8, 4) is 11.5 Å². The fourth-order valence-electron chi connectivity index (χ4n) is 2.55. The van der Waals surface area contributed by atoms with Crippen LogP contribution in [0.25, 0.3) is 0 Å². The van der Waals surface area contributed by atoms with Crippen LogP contribution in [0.3, 0.4) is 0 Å². The molecule has 0 aliphatic carbocycles. The van der Waals surface area contributed by atoms with Crippen LogP contribution in [-0.2, 0) is 6.54 Å². The summed E-state index contributed by atoms with van der Waals surface area (Å²) in [6, 6.07) is 18.1. The fraction of sp³-hybridized carbons (Fsp3) is 0.136. The molecule has 1 heterocycles. The van der Waals surface area contributed by atoms with E-state index in [2.05, 4.69) is 36.5 Å². The van der Waals surface area contributed by atoms with E-state index in [4.69, 9.17) is 9.47 Å². The highest BCUT2D eigenvalue weighted by Crippen LogP contribution is 2.22. The molecule has 3 aromatic rings. The van der Waals surface area contributed by atoms with E-state index in [1.165, 1.54) is 14.2 Å². The van der Waals surface area contributed by atoms with E-state index in [9.17, 15) is 4.79 Å². The predicted octanol–water partition coefficient (Wildman–Crippen LogP) is 4.26. The minimum absolute atomic E-state index is 0.301. The minimum Gasteiger partial charge on any atom is -0.497 e. The van der Waals surface area contributed by atoms with Crippen molar-refractivity contribution in [3.63, 3.8) is 0 Å². The van der Waals surface area contributed by atoms with Gasteiger partial charge in [-0.1, -0.05) is 22.0 Å². The average molecular weight is 469 g/mol. The number of aromatic nitrogens is 1. The van der Waals surface area contributed by atoms with E-state index in [-0.39, 0.29) is 5.91 Å². The number of rotatable bonds is 6. The number of pyridine rings is 1. The van der Waals surface area contributed by atoms with Crippen LogP contribution >= 0.6 is 15.9 Å². The number of amides is 1. The Balaban J connectivity index is 1.83. The number of anilines is 1. The van der Waals surface area contributed by atoms with Crippen LogP contribution in [-0.4, -0.2) is 31.1 Å². The van der Waals surface area contributed by atoms with E-state index in [1.54, 1.807) is 24.4 Å². The van der Waals surface area contributed by atoms with E-state index >= 15 is 0 Å². The zero-order chi connectivity index (χ0) is 21.3. The summed E-state index contributed by atoms with van der Waals surface area (Å²) in [6.07, 6.45) is 1.70. The Hall–Kier alpha value is -3.39. The lowest BCUT2D eigenvalue weighted by Crippen LogP contribution is -2.36. The van der Waals surface area contributed by atoms with E-state index in [1.807, 2.05) is 42.5 Å². The number of nitrogens with zero attached hydrogens (tertiary/aromatic N) is 2. The molecule has 0 aliphatic rings. The number of carbonyl (C=O) groups excluding carboxylic acids is 1. The maximum Gasteiger partial charge on any atom is 0.258 e. The summed E-state index contributed by atoms with van der Waals surface area (Å²) in [6.45, 7) is 0.307. The average Bonchev–Trinajstić information content (AvgIpc) is 2.79. The number of hydrogen-bond acceptors (Lipinski definition) is 5. The molecule has 30 heavy (non-hydrogen) atoms. The van der Waals surface area contributed by atoms with Crippen molar-refractivity contribution in [3.05, 3.63) is 82.6 Å². The quantitative estimate of drug-likeness (QED) is 0.417. The lowest BCUT2D eigenvalue weighted by Gasteiger charge is -2.13. The Kier molecular flexibility index (Phi) is 7.40. The summed E-state index contributed by atoms with van der Waals surface area (Å²) < 4.78 is 11.4. The third-order valence-electron chi connectivity index (χ3n) is 4.08. The number of ether oxygens (including phenoxy) is 2. The number of carbonyl (C=O) groups is 1. The predicted molar refractivity (Wildman–Crippen MR) is 120 cm³/mol. The lowest BCUT2D eigenvalue weighted by molar-refractivity contribution is 0.0976. The number of aliphatic imine (C=N–C) groups is 1. The minimum atomic E-state index is -0.350. The zero-order valence-corrected chi connectivity index (χ0v) is 18.1. The SMILES string of the molecule is COc1cc(OC)cc(C(=O)NC(=NCc2ccccn2)Nc2ccc(Br)cc2)c1. The molecule has 7 nitrogen and oxygen atoms in total. The lowest BCUT2D eigenvalue weighted by atomic mass is 10.2. The van der Waals surface area contributed by atoms with Gasteiger partial charge in [0.05, 0.1) is 26.5 Å². The smallest absolute Gasteiger partial charge is 0.258 e. The Morgan fingerprint density at radius 1 is 1.03 bits per heavy atom. The van der Waals surface area contributed by atoms with Crippen LogP contribution in [0, 0.1) is 0 Å². The summed E-state index contributed by atoms with van der Waals surface area (Å²) in [5.74, 6) is 0.992. The molecular weight excluding hydrogens is 448 g/mol. The van der Waals surface area contributed by atoms with Crippen LogP contribution in [0.4, 0.5) is 5.69 Å². The van der Waals surface area contributed by atoms with Gasteiger partial charge in [0, 0.05) is 28.0 Å². The van der Waals surface area contributed by atoms with Gasteiger partial charge in [-0.25, -0.2) is 4.99 Å². The number of hydrogen-bond donors (Lipinski definition) is 2. The van der Waals surface area contributed by atoms with E-state index in [0.717, 1.165) is 15.9 Å². The molecular formula is C22H21BrN4O3. The van der Waals surface area contributed by atoms with Crippen molar-refractivity contribution in [1.82, 2.24) is 10.3 Å². The molecule has 0 aliphatic heterocycles. The largest absolute Gasteiger partial charge is 0.497 e. The van der Waals surface area contributed by atoms with Crippen molar-refractivity contribution >= 4 is 33.5 Å². The molecule has 0 saturated carbocycles. The summed E-state index contributed by atoms with van der Waals surface area (Å²) >= 11 is 3.41. The van der Waals surface area contributed by atoms with Gasteiger partial charge in [0.25, 0.3) is 5.91 Å². The Morgan fingerprint density at radius 2 is 1.73 bits per heavy atom. The van der Waals surface area contributed by atoms with E-state index in [0.29, 0.717) is 29.6 Å². The normalized spacial score (nSPS) is 11.0. The standard InChI is InChI=1S/C22H21BrN4O3/c1-29-19-11-15(12-20(13-19)30-2)21(28)27-22(25-14-18-5-3-4-10-24-18)26-17-8-6-16(23)7-9-17/h3-13H,14H2,1-2H3,(H2,25,26,27,28). The molecule has 8 heteroatoms. The highest BCUT2D eigenvalue weighted by molar-refractivity contribution is 9.10. The van der Waals surface area contributed by atoms with Crippen molar-refractivity contribution in [1.29, 1.82) is 0 Å². The number of nitrogens with one attached hydrogen (secondary N) is 2. The van der Waals surface area contributed by atoms with Crippen LogP contribution in [0.5, 0.6) is 11.5 Å². The highest BCUT2D eigenvalue weighted by Gasteiger charge is 2.13. The Labute approximate surface area is 183 Å². The van der Waals surface area contributed by atoms with Gasteiger partial charge in [0.15, 0.2) is 0 Å². The zero-order valence-electron chi connectivity index (χ0n) is 16.6. The van der Waals surface area contributed by atoms with Crippen LogP contribution < -0.4 is 20.1 Å². The molecule has 2 N–H and O–H groups in total. The van der Waals surface area contributed by atoms with E-state index < -0.39 is 0 Å². The first-order valence-corrected chi connectivity index (χ1v) is 9.88. The van der Waals surface area contributed by atoms with Crippen molar-refractivity contribution in [2.45, 2.75) is 6.54 Å². The fourth-order valence-corrected chi connectivity index (χ4v) is 2.81. The molecule has 0 radical (unpaired) electrons. The van der Waals surface area contributed by atoms with Crippen molar-refractivity contribution < 1.29 is 14.3 Å². The molecule has 0 bridgehead atoms. The molecule has 1 aromatic heterocycles. The van der Waals surface area contributed by atoms with Gasteiger partial charge in [-0.2, -0.15) is 0 Å². The van der Waals surface area contributed by atoms with Gasteiger partial charge in [-0.3, -0.25) is 15.1 Å². The first-order chi connectivity index (χ1) is 14.6. The number of methoxy groups -OCH3 is 2. The maximum absolute atomic E-state index is 12.9. The Bertz CT molecular complexity index is 1000. The summed E-state index contributed by atoms with van der Waals surface area (Å²) in [4.78, 5) is 21.6. The molecule has 0 unspecified atom stereocenters. The highest BCUT2D eigenvalue weighted by atomic mass is 79.9. The molecule has 0 spiro atoms. The summed E-state index contributed by atoms with van der Waals surface area (Å²) in [7, 11) is 3.07. The molecule has 0 atom stereocenters. The van der Waals surface area contributed by atoms with Gasteiger partial charge in [0.2, 0.25) is 5.96 Å². The summed E-state index contributed by atoms with van der Waals surface area (Å²) in [5.41, 5.74) is 1.95. The number of benzene rings is 2. The molecule has 3 rings (SSSR count). The first kappa shape index (κ1) is 21.3. The molecule has 1 amide bonds. The second-order valence-corrected chi connectivity index (χ2v) is 7.09. The van der Waals surface area contributed by atoms with Crippen molar-refractivity contribution in [2.75, 3.05) is 19.5 Å². The molecule has 2 aromatic carbocycles. The van der Waals surface area contributed by atoms with Gasteiger partial charge >= 0.3 is 0 Å².